The zero-order valence-corrected chi connectivity index (χ0v) is 12.4. The van der Waals surface area contributed by atoms with Crippen molar-refractivity contribution in [2.75, 3.05) is 13.1 Å². The Morgan fingerprint density at radius 1 is 1.30 bits per heavy atom. The van der Waals surface area contributed by atoms with E-state index in [2.05, 4.69) is 33.3 Å². The van der Waals surface area contributed by atoms with Gasteiger partial charge in [0.1, 0.15) is 5.69 Å². The van der Waals surface area contributed by atoms with Crippen LogP contribution in [0.5, 0.6) is 0 Å². The van der Waals surface area contributed by atoms with Gasteiger partial charge in [-0.05, 0) is 55.6 Å². The number of nitrogens with zero attached hydrogens (tertiary/aromatic N) is 3. The molecule has 1 aliphatic rings. The third-order valence-electron chi connectivity index (χ3n) is 3.95. The highest BCUT2D eigenvalue weighted by molar-refractivity contribution is 6.30. The molecule has 0 atom stereocenters. The number of likely N-dealkylation sites (tertiary alicyclic amines) is 1. The molecule has 0 saturated carbocycles. The summed E-state index contributed by atoms with van der Waals surface area (Å²) in [6, 6.07) is 6.13. The van der Waals surface area contributed by atoms with Crippen molar-refractivity contribution >= 4 is 11.6 Å². The summed E-state index contributed by atoms with van der Waals surface area (Å²) in [5, 5.41) is 11.4. The predicted octanol–water partition coefficient (Wildman–Crippen LogP) is 3.36. The molecule has 2 aromatic rings. The number of hydrogen-bond acceptors (Lipinski definition) is 3. The molecule has 20 heavy (non-hydrogen) atoms. The van der Waals surface area contributed by atoms with E-state index >= 15 is 0 Å². The van der Waals surface area contributed by atoms with Crippen LogP contribution in [-0.4, -0.2) is 33.4 Å². The highest BCUT2D eigenvalue weighted by Crippen LogP contribution is 2.25. The average molecular weight is 291 g/mol. The molecule has 1 saturated heterocycles. The molecule has 5 heteroatoms. The molecule has 4 nitrogen and oxygen atoms in total. The van der Waals surface area contributed by atoms with Crippen molar-refractivity contribution < 1.29 is 0 Å². The fraction of sp³-hybridized carbons (Fsp3) is 0.467. The van der Waals surface area contributed by atoms with Gasteiger partial charge in [-0.3, -0.25) is 4.90 Å². The molecule has 3 rings (SSSR count). The van der Waals surface area contributed by atoms with Crippen LogP contribution in [-0.2, 0) is 6.54 Å². The first-order chi connectivity index (χ1) is 9.70. The smallest absolute Gasteiger partial charge is 0.112 e. The fourth-order valence-corrected chi connectivity index (χ4v) is 2.97. The third-order valence-corrected chi connectivity index (χ3v) is 4.17. The van der Waals surface area contributed by atoms with E-state index in [9.17, 15) is 0 Å². The minimum absolute atomic E-state index is 0.755. The summed E-state index contributed by atoms with van der Waals surface area (Å²) in [5.41, 5.74) is 3.10. The van der Waals surface area contributed by atoms with Gasteiger partial charge in [-0.1, -0.05) is 18.5 Å². The maximum atomic E-state index is 6.23. The molecular formula is C15H19ClN4. The Bertz CT molecular complexity index is 559. The van der Waals surface area contributed by atoms with Crippen molar-refractivity contribution in [1.29, 1.82) is 0 Å². The van der Waals surface area contributed by atoms with Crippen LogP contribution < -0.4 is 0 Å². The first-order valence-electron chi connectivity index (χ1n) is 7.08. The Morgan fingerprint density at radius 3 is 2.80 bits per heavy atom. The van der Waals surface area contributed by atoms with Gasteiger partial charge in [0.2, 0.25) is 0 Å². The first-order valence-corrected chi connectivity index (χ1v) is 7.46. The Balaban J connectivity index is 1.76. The summed E-state index contributed by atoms with van der Waals surface area (Å²) in [5.74, 6) is 0.858. The topological polar surface area (TPSA) is 44.8 Å². The van der Waals surface area contributed by atoms with Crippen molar-refractivity contribution in [3.8, 4) is 11.3 Å². The van der Waals surface area contributed by atoms with Gasteiger partial charge < -0.3 is 0 Å². The molecule has 0 amide bonds. The van der Waals surface area contributed by atoms with Crippen molar-refractivity contribution in [3.63, 3.8) is 0 Å². The summed E-state index contributed by atoms with van der Waals surface area (Å²) < 4.78 is 0. The first kappa shape index (κ1) is 13.6. The molecule has 1 aliphatic heterocycles. The lowest BCUT2D eigenvalue weighted by Gasteiger charge is -2.30. The summed E-state index contributed by atoms with van der Waals surface area (Å²) in [6.45, 7) is 5.64. The number of halogens is 1. The average Bonchev–Trinajstić information content (AvgIpc) is 2.95. The van der Waals surface area contributed by atoms with E-state index in [1.165, 1.54) is 31.5 Å². The number of piperidine rings is 1. The van der Waals surface area contributed by atoms with Gasteiger partial charge in [0, 0.05) is 17.1 Å². The van der Waals surface area contributed by atoms with Crippen molar-refractivity contribution in [2.45, 2.75) is 26.3 Å². The number of hydrogen-bond donors (Lipinski definition) is 1. The Hall–Kier alpha value is -1.39. The molecule has 1 N–H and O–H groups in total. The SMILES string of the molecule is CC1CCN(Cc2cc(Cl)cc(-c3cn[nH]n3)c2)CC1. The molecule has 0 aliphatic carbocycles. The maximum absolute atomic E-state index is 6.23. The minimum Gasteiger partial charge on any atom is -0.299 e. The second kappa shape index (κ2) is 5.94. The normalized spacial score (nSPS) is 17.5. The summed E-state index contributed by atoms with van der Waals surface area (Å²) in [4.78, 5) is 2.50. The van der Waals surface area contributed by atoms with Gasteiger partial charge in [0.05, 0.1) is 6.20 Å². The van der Waals surface area contributed by atoms with E-state index in [-0.39, 0.29) is 0 Å². The third kappa shape index (κ3) is 3.19. The highest BCUT2D eigenvalue weighted by Gasteiger charge is 2.16. The van der Waals surface area contributed by atoms with Crippen LogP contribution in [0.4, 0.5) is 0 Å². The van der Waals surface area contributed by atoms with Crippen LogP contribution in [0.15, 0.2) is 24.4 Å². The number of H-pyrrole nitrogens is 1. The van der Waals surface area contributed by atoms with Crippen LogP contribution in [0.1, 0.15) is 25.3 Å². The van der Waals surface area contributed by atoms with Gasteiger partial charge in [-0.25, -0.2) is 0 Å². The van der Waals surface area contributed by atoms with Gasteiger partial charge >= 0.3 is 0 Å². The second-order valence-corrected chi connectivity index (χ2v) is 6.10. The fourth-order valence-electron chi connectivity index (χ4n) is 2.71. The Labute approximate surface area is 124 Å². The van der Waals surface area contributed by atoms with E-state index < -0.39 is 0 Å². The van der Waals surface area contributed by atoms with Gasteiger partial charge in [0.25, 0.3) is 0 Å². The molecular weight excluding hydrogens is 272 g/mol. The number of aromatic amines is 1. The lowest BCUT2D eigenvalue weighted by molar-refractivity contribution is 0.185. The van der Waals surface area contributed by atoms with Crippen LogP contribution in [0.2, 0.25) is 5.02 Å². The maximum Gasteiger partial charge on any atom is 0.112 e. The van der Waals surface area contributed by atoms with Crippen LogP contribution in [0.3, 0.4) is 0 Å². The lowest BCUT2D eigenvalue weighted by atomic mass is 9.98. The van der Waals surface area contributed by atoms with Crippen LogP contribution in [0, 0.1) is 5.92 Å². The Morgan fingerprint density at radius 2 is 2.10 bits per heavy atom. The van der Waals surface area contributed by atoms with E-state index in [0.717, 1.165) is 28.7 Å². The largest absolute Gasteiger partial charge is 0.299 e. The van der Waals surface area contributed by atoms with E-state index in [1.54, 1.807) is 6.20 Å². The standard InChI is InChI=1S/C15H19ClN4/c1-11-2-4-20(5-3-11)10-12-6-13(8-14(16)7-12)15-9-17-19-18-15/h6-9,11H,2-5,10H2,1H3,(H,17,18,19). The highest BCUT2D eigenvalue weighted by atomic mass is 35.5. The second-order valence-electron chi connectivity index (χ2n) is 5.66. The van der Waals surface area contributed by atoms with E-state index in [1.807, 2.05) is 12.1 Å². The molecule has 1 fully saturated rings. The molecule has 1 aromatic heterocycles. The number of rotatable bonds is 3. The number of benzene rings is 1. The molecule has 1 aromatic carbocycles. The van der Waals surface area contributed by atoms with Crippen LogP contribution >= 0.6 is 11.6 Å². The number of nitrogens with one attached hydrogen (secondary N) is 1. The van der Waals surface area contributed by atoms with Crippen molar-refractivity contribution in [1.82, 2.24) is 20.3 Å². The molecule has 106 valence electrons. The molecule has 0 spiro atoms. The molecule has 0 unspecified atom stereocenters. The zero-order valence-electron chi connectivity index (χ0n) is 11.6. The van der Waals surface area contributed by atoms with Gasteiger partial charge in [0.15, 0.2) is 0 Å². The quantitative estimate of drug-likeness (QED) is 0.943. The summed E-state index contributed by atoms with van der Waals surface area (Å²) in [7, 11) is 0. The minimum atomic E-state index is 0.755. The van der Waals surface area contributed by atoms with Crippen molar-refractivity contribution in [2.24, 2.45) is 5.92 Å². The zero-order chi connectivity index (χ0) is 13.9. The summed E-state index contributed by atoms with van der Waals surface area (Å²) >= 11 is 6.23. The predicted molar refractivity (Wildman–Crippen MR) is 80.5 cm³/mol. The Kier molecular flexibility index (Phi) is 4.03. The van der Waals surface area contributed by atoms with E-state index in [4.69, 9.17) is 11.6 Å². The molecule has 2 heterocycles. The lowest BCUT2D eigenvalue weighted by Crippen LogP contribution is -2.32. The summed E-state index contributed by atoms with van der Waals surface area (Å²) in [6.07, 6.45) is 4.30. The van der Waals surface area contributed by atoms with E-state index in [0.29, 0.717) is 0 Å². The van der Waals surface area contributed by atoms with Gasteiger partial charge in [-0.15, -0.1) is 0 Å². The molecule has 0 radical (unpaired) electrons. The van der Waals surface area contributed by atoms with Crippen molar-refractivity contribution in [3.05, 3.63) is 35.0 Å². The number of aromatic nitrogens is 3. The van der Waals surface area contributed by atoms with Crippen LogP contribution in [0.25, 0.3) is 11.3 Å². The molecule has 0 bridgehead atoms. The monoisotopic (exact) mass is 290 g/mol. The van der Waals surface area contributed by atoms with Gasteiger partial charge in [-0.2, -0.15) is 15.4 Å².